The molecule has 0 saturated heterocycles. The van der Waals surface area contributed by atoms with Gasteiger partial charge in [-0.3, -0.25) is 0 Å². The van der Waals surface area contributed by atoms with E-state index in [0.29, 0.717) is 18.2 Å². The maximum Gasteiger partial charge on any atom is 0.314 e. The van der Waals surface area contributed by atoms with E-state index < -0.39 is 6.10 Å². The molecule has 1 aliphatic carbocycles. The lowest BCUT2D eigenvalue weighted by atomic mass is 9.82. The smallest absolute Gasteiger partial charge is 0.314 e. The van der Waals surface area contributed by atoms with Gasteiger partial charge in [0, 0.05) is 12.5 Å². The third-order valence-corrected chi connectivity index (χ3v) is 4.63. The number of urea groups is 1. The van der Waals surface area contributed by atoms with Crippen LogP contribution in [0.3, 0.4) is 0 Å². The first kappa shape index (κ1) is 17.4. The Bertz CT molecular complexity index is 699. The molecule has 0 spiro atoms. The number of rotatable bonds is 6. The van der Waals surface area contributed by atoms with Crippen LogP contribution in [0.5, 0.6) is 5.75 Å². The molecule has 25 heavy (non-hydrogen) atoms. The maximum atomic E-state index is 12.0. The SMILES string of the molecule is COc1ccc2c(c1)CCC[C@@H]2CNC(=O)NC[C@@H](O)c1ccco1. The maximum absolute atomic E-state index is 12.0. The van der Waals surface area contributed by atoms with E-state index in [1.807, 2.05) is 6.07 Å². The lowest BCUT2D eigenvalue weighted by Gasteiger charge is -2.26. The number of methoxy groups -OCH3 is 1. The number of aliphatic hydroxyl groups is 1. The second-order valence-electron chi connectivity index (χ2n) is 6.28. The molecule has 1 aromatic carbocycles. The van der Waals surface area contributed by atoms with Crippen molar-refractivity contribution >= 4 is 6.03 Å². The Hall–Kier alpha value is -2.47. The monoisotopic (exact) mass is 344 g/mol. The van der Waals surface area contributed by atoms with Crippen LogP contribution in [0.4, 0.5) is 4.79 Å². The highest BCUT2D eigenvalue weighted by atomic mass is 16.5. The standard InChI is InChI=1S/C19H24N2O4/c1-24-15-7-8-16-13(10-15)4-2-5-14(16)11-20-19(23)21-12-17(22)18-6-3-9-25-18/h3,6-10,14,17,22H,2,4-5,11-12H2,1H3,(H2,20,21,23)/t14-,17-/m1/s1. The summed E-state index contributed by atoms with van der Waals surface area (Å²) >= 11 is 0. The number of fused-ring (bicyclic) bond motifs is 1. The van der Waals surface area contributed by atoms with Gasteiger partial charge in [0.2, 0.25) is 0 Å². The summed E-state index contributed by atoms with van der Waals surface area (Å²) < 4.78 is 10.4. The predicted molar refractivity (Wildman–Crippen MR) is 93.7 cm³/mol. The van der Waals surface area contributed by atoms with E-state index in [4.69, 9.17) is 9.15 Å². The Morgan fingerprint density at radius 1 is 1.40 bits per heavy atom. The van der Waals surface area contributed by atoms with E-state index in [1.54, 1.807) is 19.2 Å². The van der Waals surface area contributed by atoms with E-state index in [-0.39, 0.29) is 12.6 Å². The summed E-state index contributed by atoms with van der Waals surface area (Å²) in [6.07, 6.45) is 3.85. The molecule has 0 unspecified atom stereocenters. The van der Waals surface area contributed by atoms with Gasteiger partial charge in [-0.2, -0.15) is 0 Å². The highest BCUT2D eigenvalue weighted by molar-refractivity contribution is 5.73. The molecule has 0 radical (unpaired) electrons. The second kappa shape index (κ2) is 8.07. The molecule has 2 atom stereocenters. The summed E-state index contributed by atoms with van der Waals surface area (Å²) in [4.78, 5) is 12.0. The highest BCUT2D eigenvalue weighted by Gasteiger charge is 2.21. The van der Waals surface area contributed by atoms with Gasteiger partial charge in [-0.05, 0) is 54.7 Å². The van der Waals surface area contributed by atoms with Crippen molar-refractivity contribution < 1.29 is 19.1 Å². The zero-order chi connectivity index (χ0) is 17.6. The van der Waals surface area contributed by atoms with Crippen LogP contribution in [0, 0.1) is 0 Å². The van der Waals surface area contributed by atoms with Crippen LogP contribution in [0.25, 0.3) is 0 Å². The van der Waals surface area contributed by atoms with Gasteiger partial charge in [0.25, 0.3) is 0 Å². The third kappa shape index (κ3) is 4.33. The van der Waals surface area contributed by atoms with Gasteiger partial charge in [0.1, 0.15) is 17.6 Å². The fourth-order valence-corrected chi connectivity index (χ4v) is 3.28. The molecule has 0 aliphatic heterocycles. The second-order valence-corrected chi connectivity index (χ2v) is 6.28. The van der Waals surface area contributed by atoms with Crippen LogP contribution in [-0.2, 0) is 6.42 Å². The van der Waals surface area contributed by atoms with E-state index in [2.05, 4.69) is 22.8 Å². The quantitative estimate of drug-likeness (QED) is 0.752. The summed E-state index contributed by atoms with van der Waals surface area (Å²) in [6.45, 7) is 0.680. The van der Waals surface area contributed by atoms with Gasteiger partial charge in [-0.1, -0.05) is 6.07 Å². The minimum Gasteiger partial charge on any atom is -0.497 e. The summed E-state index contributed by atoms with van der Waals surface area (Å²) in [5.74, 6) is 1.61. The fraction of sp³-hybridized carbons (Fsp3) is 0.421. The summed E-state index contributed by atoms with van der Waals surface area (Å²) in [5, 5.41) is 15.5. The van der Waals surface area contributed by atoms with Crippen molar-refractivity contribution in [3.63, 3.8) is 0 Å². The normalized spacial score (nSPS) is 17.4. The number of carbonyl (C=O) groups is 1. The van der Waals surface area contributed by atoms with E-state index in [1.165, 1.54) is 17.4 Å². The molecule has 6 heteroatoms. The number of furan rings is 1. The van der Waals surface area contributed by atoms with Crippen LogP contribution in [0.1, 0.15) is 41.8 Å². The lowest BCUT2D eigenvalue weighted by Crippen LogP contribution is -2.40. The number of carbonyl (C=O) groups excluding carboxylic acids is 1. The fourth-order valence-electron chi connectivity index (χ4n) is 3.28. The van der Waals surface area contributed by atoms with Crippen LogP contribution in [-0.4, -0.2) is 31.3 Å². The van der Waals surface area contributed by atoms with Crippen LogP contribution < -0.4 is 15.4 Å². The van der Waals surface area contributed by atoms with Gasteiger partial charge < -0.3 is 24.9 Å². The molecule has 3 N–H and O–H groups in total. The first-order valence-electron chi connectivity index (χ1n) is 8.57. The largest absolute Gasteiger partial charge is 0.497 e. The molecule has 2 aromatic rings. The Labute approximate surface area is 147 Å². The average Bonchev–Trinajstić information content (AvgIpc) is 3.18. The summed E-state index contributed by atoms with van der Waals surface area (Å²) in [7, 11) is 1.67. The number of amides is 2. The van der Waals surface area contributed by atoms with E-state index in [9.17, 15) is 9.90 Å². The molecule has 134 valence electrons. The first-order chi connectivity index (χ1) is 12.2. The number of ether oxygens (including phenoxy) is 1. The summed E-state index contributed by atoms with van der Waals surface area (Å²) in [6, 6.07) is 9.24. The number of hydrogen-bond donors (Lipinski definition) is 3. The minimum atomic E-state index is -0.844. The van der Waals surface area contributed by atoms with Crippen LogP contribution >= 0.6 is 0 Å². The minimum absolute atomic E-state index is 0.109. The molecule has 6 nitrogen and oxygen atoms in total. The van der Waals surface area contributed by atoms with Crippen molar-refractivity contribution in [2.45, 2.75) is 31.3 Å². The Morgan fingerprint density at radius 2 is 2.28 bits per heavy atom. The van der Waals surface area contributed by atoms with Gasteiger partial charge >= 0.3 is 6.03 Å². The molecule has 1 aliphatic rings. The first-order valence-corrected chi connectivity index (χ1v) is 8.57. The number of aryl methyl sites for hydroxylation is 1. The van der Waals surface area contributed by atoms with Gasteiger partial charge in [-0.25, -0.2) is 4.79 Å². The molecule has 1 heterocycles. The molecule has 1 aromatic heterocycles. The Kier molecular flexibility index (Phi) is 5.60. The molecular formula is C19H24N2O4. The van der Waals surface area contributed by atoms with Gasteiger partial charge in [0.15, 0.2) is 0 Å². The molecule has 0 saturated carbocycles. The Balaban J connectivity index is 1.50. The van der Waals surface area contributed by atoms with Crippen molar-refractivity contribution in [3.05, 3.63) is 53.5 Å². The molecule has 0 bridgehead atoms. The zero-order valence-electron chi connectivity index (χ0n) is 14.3. The molecular weight excluding hydrogens is 320 g/mol. The molecule has 3 rings (SSSR count). The predicted octanol–water partition coefficient (Wildman–Crippen LogP) is 2.74. The number of aliphatic hydroxyl groups excluding tert-OH is 1. The van der Waals surface area contributed by atoms with E-state index in [0.717, 1.165) is 25.0 Å². The van der Waals surface area contributed by atoms with E-state index >= 15 is 0 Å². The highest BCUT2D eigenvalue weighted by Crippen LogP contribution is 2.33. The molecule has 0 fully saturated rings. The van der Waals surface area contributed by atoms with Crippen molar-refractivity contribution in [1.29, 1.82) is 0 Å². The van der Waals surface area contributed by atoms with Gasteiger partial charge in [0.05, 0.1) is 19.9 Å². The van der Waals surface area contributed by atoms with Crippen molar-refractivity contribution in [1.82, 2.24) is 10.6 Å². The number of benzene rings is 1. The third-order valence-electron chi connectivity index (χ3n) is 4.63. The van der Waals surface area contributed by atoms with Crippen molar-refractivity contribution in [2.24, 2.45) is 0 Å². The topological polar surface area (TPSA) is 83.7 Å². The van der Waals surface area contributed by atoms with Crippen molar-refractivity contribution in [2.75, 3.05) is 20.2 Å². The van der Waals surface area contributed by atoms with Crippen LogP contribution in [0.2, 0.25) is 0 Å². The Morgan fingerprint density at radius 3 is 3.04 bits per heavy atom. The molecule has 2 amide bonds. The number of nitrogens with one attached hydrogen (secondary N) is 2. The zero-order valence-corrected chi connectivity index (χ0v) is 14.3. The van der Waals surface area contributed by atoms with Crippen molar-refractivity contribution in [3.8, 4) is 5.75 Å². The lowest BCUT2D eigenvalue weighted by molar-refractivity contribution is 0.148. The van der Waals surface area contributed by atoms with Gasteiger partial charge in [-0.15, -0.1) is 0 Å². The summed E-state index contributed by atoms with van der Waals surface area (Å²) in [5.41, 5.74) is 2.58. The number of hydrogen-bond acceptors (Lipinski definition) is 4. The average molecular weight is 344 g/mol. The van der Waals surface area contributed by atoms with Crippen LogP contribution in [0.15, 0.2) is 41.0 Å².